The van der Waals surface area contributed by atoms with Crippen LogP contribution < -0.4 is 0 Å². The summed E-state index contributed by atoms with van der Waals surface area (Å²) < 4.78 is 0. The Hall–Kier alpha value is 0. The van der Waals surface area contributed by atoms with Gasteiger partial charge in [0.05, 0.1) is 0 Å². The summed E-state index contributed by atoms with van der Waals surface area (Å²) >= 11 is 0. The van der Waals surface area contributed by atoms with Crippen molar-refractivity contribution >= 4 is 0 Å². The minimum Gasteiger partial charge on any atom is -0.0620 e. The average Bonchev–Trinajstić information content (AvgIpc) is 2.67. The zero-order valence-corrected chi connectivity index (χ0v) is 10.9. The van der Waals surface area contributed by atoms with Gasteiger partial charge in [-0.1, -0.05) is 20.8 Å². The highest BCUT2D eigenvalue weighted by atomic mass is 14.9. The molecule has 6 fully saturated rings. The largest absolute Gasteiger partial charge is 0.0620 e. The third kappa shape index (κ3) is 0.578. The summed E-state index contributed by atoms with van der Waals surface area (Å²) in [6.07, 6.45) is 6.47. The van der Waals surface area contributed by atoms with Crippen LogP contribution in [-0.4, -0.2) is 0 Å². The standard InChI is InChI=1S/C16H24/c1-8-4-12-9(2)13-10-5-11-7-16(13,6-10)14(12)15(8,11)3/h8-14H,4-7H2,1-3H3. The van der Waals surface area contributed by atoms with Crippen LogP contribution in [0.25, 0.3) is 0 Å². The summed E-state index contributed by atoms with van der Waals surface area (Å²) in [6, 6.07) is 0. The summed E-state index contributed by atoms with van der Waals surface area (Å²) in [7, 11) is 0. The molecule has 1 spiro atoms. The maximum Gasteiger partial charge on any atom is -0.0222 e. The Labute approximate surface area is 99.2 Å². The Kier molecular flexibility index (Phi) is 1.21. The first-order chi connectivity index (χ1) is 7.59. The molecular formula is C16H24. The molecule has 0 radical (unpaired) electrons. The molecule has 6 aliphatic rings. The second kappa shape index (κ2) is 2.15. The van der Waals surface area contributed by atoms with Crippen molar-refractivity contribution in [2.45, 2.75) is 46.5 Å². The fourth-order valence-corrected chi connectivity index (χ4v) is 8.36. The third-order valence-corrected chi connectivity index (χ3v) is 8.55. The van der Waals surface area contributed by atoms with Gasteiger partial charge in [0.1, 0.15) is 0 Å². The molecule has 6 rings (SSSR count). The van der Waals surface area contributed by atoms with Crippen LogP contribution in [0.15, 0.2) is 0 Å². The van der Waals surface area contributed by atoms with Gasteiger partial charge in [0.25, 0.3) is 0 Å². The van der Waals surface area contributed by atoms with Crippen LogP contribution in [0.4, 0.5) is 0 Å². The lowest BCUT2D eigenvalue weighted by atomic mass is 9.47. The predicted molar refractivity (Wildman–Crippen MR) is 64.8 cm³/mol. The van der Waals surface area contributed by atoms with Crippen molar-refractivity contribution < 1.29 is 0 Å². The Morgan fingerprint density at radius 1 is 1.06 bits per heavy atom. The lowest BCUT2D eigenvalue weighted by molar-refractivity contribution is -0.0866. The van der Waals surface area contributed by atoms with Gasteiger partial charge in [0.15, 0.2) is 0 Å². The van der Waals surface area contributed by atoms with Crippen LogP contribution in [0.3, 0.4) is 0 Å². The molecule has 16 heavy (non-hydrogen) atoms. The second-order valence-corrected chi connectivity index (χ2v) is 8.36. The van der Waals surface area contributed by atoms with E-state index in [1.54, 1.807) is 25.7 Å². The Bertz CT molecular complexity index is 385. The van der Waals surface area contributed by atoms with Crippen molar-refractivity contribution in [2.75, 3.05) is 0 Å². The van der Waals surface area contributed by atoms with E-state index in [1.807, 2.05) is 0 Å². The highest BCUT2D eigenvalue weighted by Crippen LogP contribution is 2.87. The van der Waals surface area contributed by atoms with E-state index in [9.17, 15) is 0 Å². The first-order valence-corrected chi connectivity index (χ1v) is 7.59. The molecule has 0 nitrogen and oxygen atoms in total. The van der Waals surface area contributed by atoms with E-state index in [1.165, 1.54) is 5.92 Å². The number of hydrogen-bond acceptors (Lipinski definition) is 0. The molecule has 88 valence electrons. The zero-order valence-electron chi connectivity index (χ0n) is 10.9. The van der Waals surface area contributed by atoms with E-state index in [0.717, 1.165) is 46.3 Å². The molecule has 9 unspecified atom stereocenters. The number of rotatable bonds is 0. The predicted octanol–water partition coefficient (Wildman–Crippen LogP) is 3.96. The first-order valence-electron chi connectivity index (χ1n) is 7.59. The van der Waals surface area contributed by atoms with Crippen LogP contribution in [0, 0.1) is 52.3 Å². The lowest BCUT2D eigenvalue weighted by Gasteiger charge is -2.57. The fourth-order valence-electron chi connectivity index (χ4n) is 8.36. The molecule has 3 bridgehead atoms. The molecule has 6 aliphatic carbocycles. The Morgan fingerprint density at radius 2 is 1.88 bits per heavy atom. The highest BCUT2D eigenvalue weighted by Gasteiger charge is 2.81. The highest BCUT2D eigenvalue weighted by molar-refractivity contribution is 5.29. The Morgan fingerprint density at radius 3 is 2.69 bits per heavy atom. The van der Waals surface area contributed by atoms with Crippen LogP contribution in [0.1, 0.15) is 46.5 Å². The van der Waals surface area contributed by atoms with Gasteiger partial charge in [-0.3, -0.25) is 0 Å². The van der Waals surface area contributed by atoms with Gasteiger partial charge in [-0.05, 0) is 77.9 Å². The van der Waals surface area contributed by atoms with Crippen LogP contribution in [0.5, 0.6) is 0 Å². The molecule has 0 aromatic rings. The zero-order chi connectivity index (χ0) is 10.9. The molecule has 0 heterocycles. The fraction of sp³-hybridized carbons (Fsp3) is 1.00. The van der Waals surface area contributed by atoms with E-state index >= 15 is 0 Å². The van der Waals surface area contributed by atoms with E-state index in [2.05, 4.69) is 20.8 Å². The van der Waals surface area contributed by atoms with Gasteiger partial charge in [0.2, 0.25) is 0 Å². The monoisotopic (exact) mass is 216 g/mol. The topological polar surface area (TPSA) is 0 Å². The maximum atomic E-state index is 2.69. The first kappa shape index (κ1) is 9.00. The van der Waals surface area contributed by atoms with E-state index in [4.69, 9.17) is 0 Å². The molecule has 0 N–H and O–H groups in total. The lowest BCUT2D eigenvalue weighted by Crippen LogP contribution is -2.50. The van der Waals surface area contributed by atoms with E-state index in [-0.39, 0.29) is 0 Å². The van der Waals surface area contributed by atoms with Crippen molar-refractivity contribution in [3.63, 3.8) is 0 Å². The molecule has 9 atom stereocenters. The van der Waals surface area contributed by atoms with Gasteiger partial charge in [-0.15, -0.1) is 0 Å². The van der Waals surface area contributed by atoms with Gasteiger partial charge >= 0.3 is 0 Å². The summed E-state index contributed by atoms with van der Waals surface area (Å²) in [6.45, 7) is 7.88. The molecule has 0 aromatic carbocycles. The second-order valence-electron chi connectivity index (χ2n) is 8.36. The smallest absolute Gasteiger partial charge is 0.0222 e. The molecule has 0 aliphatic heterocycles. The molecular weight excluding hydrogens is 192 g/mol. The van der Waals surface area contributed by atoms with Crippen LogP contribution >= 0.6 is 0 Å². The normalized spacial score (nSPS) is 77.8. The maximum absolute atomic E-state index is 2.69. The molecule has 0 aromatic heterocycles. The van der Waals surface area contributed by atoms with Crippen molar-refractivity contribution in [3.8, 4) is 0 Å². The third-order valence-electron chi connectivity index (χ3n) is 8.55. The summed E-state index contributed by atoms with van der Waals surface area (Å²) in [5.41, 5.74) is 1.65. The molecule has 0 heteroatoms. The van der Waals surface area contributed by atoms with Crippen molar-refractivity contribution in [2.24, 2.45) is 52.3 Å². The summed E-state index contributed by atoms with van der Waals surface area (Å²) in [4.78, 5) is 0. The number of hydrogen-bond donors (Lipinski definition) is 0. The molecule has 6 saturated carbocycles. The average molecular weight is 216 g/mol. The van der Waals surface area contributed by atoms with Crippen LogP contribution in [-0.2, 0) is 0 Å². The minimum atomic E-state index is 0.763. The van der Waals surface area contributed by atoms with Gasteiger partial charge < -0.3 is 0 Å². The van der Waals surface area contributed by atoms with Gasteiger partial charge in [0, 0.05) is 0 Å². The quantitative estimate of drug-likeness (QED) is 0.575. The summed E-state index contributed by atoms with van der Waals surface area (Å²) in [5.74, 6) is 7.84. The van der Waals surface area contributed by atoms with Crippen molar-refractivity contribution in [3.05, 3.63) is 0 Å². The van der Waals surface area contributed by atoms with Gasteiger partial charge in [-0.25, -0.2) is 0 Å². The molecule has 0 saturated heterocycles. The van der Waals surface area contributed by atoms with E-state index < -0.39 is 0 Å². The Balaban J connectivity index is 1.79. The van der Waals surface area contributed by atoms with Gasteiger partial charge in [-0.2, -0.15) is 0 Å². The van der Waals surface area contributed by atoms with Crippen molar-refractivity contribution in [1.29, 1.82) is 0 Å². The SMILES string of the molecule is CC1C2CC(C)C3(C)C4CC5CC(C4)(C51)C23. The van der Waals surface area contributed by atoms with Crippen LogP contribution in [0.2, 0.25) is 0 Å². The van der Waals surface area contributed by atoms with E-state index in [0.29, 0.717) is 0 Å². The minimum absolute atomic E-state index is 0.763. The summed E-state index contributed by atoms with van der Waals surface area (Å²) in [5, 5.41) is 0. The van der Waals surface area contributed by atoms with Crippen molar-refractivity contribution in [1.82, 2.24) is 0 Å². The molecule has 0 amide bonds.